The van der Waals surface area contributed by atoms with Gasteiger partial charge >= 0.3 is 0 Å². The molecule has 0 spiro atoms. The van der Waals surface area contributed by atoms with Crippen LogP contribution in [0, 0.1) is 0 Å². The van der Waals surface area contributed by atoms with Crippen molar-refractivity contribution in [3.63, 3.8) is 0 Å². The summed E-state index contributed by atoms with van der Waals surface area (Å²) in [6.07, 6.45) is 8.05. The fourth-order valence-corrected chi connectivity index (χ4v) is 3.61. The number of fused-ring (bicyclic) bond motifs is 1. The third-order valence-electron chi connectivity index (χ3n) is 5.14. The fourth-order valence-electron chi connectivity index (χ4n) is 3.61. The Labute approximate surface area is 165 Å². The molecule has 1 saturated heterocycles. The van der Waals surface area contributed by atoms with E-state index in [1.165, 1.54) is 0 Å². The van der Waals surface area contributed by atoms with Gasteiger partial charge in [0.2, 0.25) is 0 Å². The Hall–Kier alpha value is -2.92. The molecule has 1 unspecified atom stereocenters. The van der Waals surface area contributed by atoms with Crippen molar-refractivity contribution in [1.82, 2.24) is 14.5 Å². The highest BCUT2D eigenvalue weighted by Crippen LogP contribution is 2.18. The number of ether oxygens (including phenoxy) is 1. The summed E-state index contributed by atoms with van der Waals surface area (Å²) in [4.78, 5) is 19.5. The second kappa shape index (κ2) is 8.40. The Kier molecular flexibility index (Phi) is 5.53. The topological polar surface area (TPSA) is 47.4 Å². The maximum absolute atomic E-state index is 13.2. The molecule has 144 valence electrons. The Bertz CT molecular complexity index is 972. The van der Waals surface area contributed by atoms with E-state index in [4.69, 9.17) is 4.74 Å². The standard InChI is InChI=1S/C23H25N3O2/c1-25-17-24-21-15-19(11-12-22(21)25)23(27)26(16-20-10-6-14-28-20)13-5-9-18-7-3-2-4-8-18/h2-5,7-9,11-12,15,17,20H,6,10,13-14,16H2,1H3/b9-5+. The van der Waals surface area contributed by atoms with Gasteiger partial charge in [-0.3, -0.25) is 4.79 Å². The summed E-state index contributed by atoms with van der Waals surface area (Å²) in [6.45, 7) is 1.94. The first kappa shape index (κ1) is 18.4. The number of carbonyl (C=O) groups is 1. The monoisotopic (exact) mass is 375 g/mol. The molecule has 0 aliphatic carbocycles. The number of aryl methyl sites for hydroxylation is 1. The van der Waals surface area contributed by atoms with Gasteiger partial charge in [-0.2, -0.15) is 0 Å². The zero-order chi connectivity index (χ0) is 19.3. The average Bonchev–Trinajstić information content (AvgIpc) is 3.37. The number of hydrogen-bond donors (Lipinski definition) is 0. The lowest BCUT2D eigenvalue weighted by Gasteiger charge is -2.24. The normalized spacial score (nSPS) is 16.8. The summed E-state index contributed by atoms with van der Waals surface area (Å²) < 4.78 is 7.73. The number of amides is 1. The lowest BCUT2D eigenvalue weighted by molar-refractivity contribution is 0.0554. The lowest BCUT2D eigenvalue weighted by Crippen LogP contribution is -2.37. The van der Waals surface area contributed by atoms with E-state index in [9.17, 15) is 4.79 Å². The summed E-state index contributed by atoms with van der Waals surface area (Å²) in [5, 5.41) is 0. The number of imidazole rings is 1. The third-order valence-corrected chi connectivity index (χ3v) is 5.14. The van der Waals surface area contributed by atoms with E-state index >= 15 is 0 Å². The number of aromatic nitrogens is 2. The SMILES string of the molecule is Cn1cnc2cc(C(=O)N(C/C=C/c3ccccc3)CC3CCCO3)ccc21. The van der Waals surface area contributed by atoms with Gasteiger partial charge in [-0.25, -0.2) is 4.98 Å². The second-order valence-corrected chi connectivity index (χ2v) is 7.22. The largest absolute Gasteiger partial charge is 0.376 e. The van der Waals surface area contributed by atoms with Crippen LogP contribution in [-0.2, 0) is 11.8 Å². The molecular weight excluding hydrogens is 350 g/mol. The van der Waals surface area contributed by atoms with Gasteiger partial charge in [0.05, 0.1) is 23.5 Å². The van der Waals surface area contributed by atoms with Crippen molar-refractivity contribution < 1.29 is 9.53 Å². The second-order valence-electron chi connectivity index (χ2n) is 7.22. The molecule has 5 heteroatoms. The predicted octanol–water partition coefficient (Wildman–Crippen LogP) is 3.91. The molecule has 28 heavy (non-hydrogen) atoms. The van der Waals surface area contributed by atoms with Crippen LogP contribution in [0.4, 0.5) is 0 Å². The average molecular weight is 375 g/mol. The minimum absolute atomic E-state index is 0.0146. The molecule has 2 aromatic carbocycles. The van der Waals surface area contributed by atoms with Gasteiger partial charge in [-0.05, 0) is 36.6 Å². The van der Waals surface area contributed by atoms with Crippen molar-refractivity contribution in [3.8, 4) is 0 Å². The quantitative estimate of drug-likeness (QED) is 0.656. The van der Waals surface area contributed by atoms with E-state index in [1.54, 1.807) is 6.33 Å². The minimum Gasteiger partial charge on any atom is -0.376 e. The van der Waals surface area contributed by atoms with E-state index in [0.717, 1.165) is 36.0 Å². The number of rotatable bonds is 6. The first-order valence-corrected chi connectivity index (χ1v) is 9.74. The molecule has 1 aliphatic rings. The smallest absolute Gasteiger partial charge is 0.254 e. The molecule has 2 heterocycles. The van der Waals surface area contributed by atoms with Gasteiger partial charge in [-0.15, -0.1) is 0 Å². The summed E-state index contributed by atoms with van der Waals surface area (Å²) in [5.41, 5.74) is 3.65. The van der Waals surface area contributed by atoms with Crippen LogP contribution in [0.3, 0.4) is 0 Å². The van der Waals surface area contributed by atoms with Crippen LogP contribution in [0.2, 0.25) is 0 Å². The highest BCUT2D eigenvalue weighted by atomic mass is 16.5. The van der Waals surface area contributed by atoms with E-state index in [-0.39, 0.29) is 12.0 Å². The van der Waals surface area contributed by atoms with Crippen LogP contribution >= 0.6 is 0 Å². The number of benzene rings is 2. The van der Waals surface area contributed by atoms with Crippen molar-refractivity contribution in [1.29, 1.82) is 0 Å². The molecule has 0 radical (unpaired) electrons. The van der Waals surface area contributed by atoms with Gasteiger partial charge in [-0.1, -0.05) is 42.5 Å². The molecule has 1 aliphatic heterocycles. The molecule has 4 rings (SSSR count). The first-order chi connectivity index (χ1) is 13.7. The maximum atomic E-state index is 13.2. The fraction of sp³-hybridized carbons (Fsp3) is 0.304. The predicted molar refractivity (Wildman–Crippen MR) is 111 cm³/mol. The summed E-state index contributed by atoms with van der Waals surface area (Å²) in [7, 11) is 1.95. The van der Waals surface area contributed by atoms with Crippen molar-refractivity contribution in [2.24, 2.45) is 7.05 Å². The molecule has 1 amide bonds. The Morgan fingerprint density at radius 2 is 2.14 bits per heavy atom. The summed E-state index contributed by atoms with van der Waals surface area (Å²) in [5.74, 6) is 0.0146. The molecule has 0 saturated carbocycles. The van der Waals surface area contributed by atoms with Gasteiger partial charge in [0.15, 0.2) is 0 Å². The van der Waals surface area contributed by atoms with E-state index < -0.39 is 0 Å². The number of carbonyl (C=O) groups excluding carboxylic acids is 1. The highest BCUT2D eigenvalue weighted by Gasteiger charge is 2.23. The molecule has 0 N–H and O–H groups in total. The van der Waals surface area contributed by atoms with Crippen molar-refractivity contribution in [2.75, 3.05) is 19.7 Å². The van der Waals surface area contributed by atoms with Crippen LogP contribution in [0.25, 0.3) is 17.1 Å². The summed E-state index contributed by atoms with van der Waals surface area (Å²) >= 11 is 0. The van der Waals surface area contributed by atoms with Crippen LogP contribution in [0.1, 0.15) is 28.8 Å². The zero-order valence-electron chi connectivity index (χ0n) is 16.1. The minimum atomic E-state index is 0.0146. The molecule has 1 atom stereocenters. The Morgan fingerprint density at radius 1 is 1.29 bits per heavy atom. The summed E-state index contributed by atoms with van der Waals surface area (Å²) in [6, 6.07) is 15.8. The van der Waals surface area contributed by atoms with Crippen molar-refractivity contribution in [3.05, 3.63) is 72.1 Å². The third kappa shape index (κ3) is 4.15. The van der Waals surface area contributed by atoms with Crippen LogP contribution < -0.4 is 0 Å². The number of hydrogen-bond acceptors (Lipinski definition) is 3. The highest BCUT2D eigenvalue weighted by molar-refractivity contribution is 5.97. The van der Waals surface area contributed by atoms with E-state index in [2.05, 4.69) is 23.2 Å². The molecule has 3 aromatic rings. The van der Waals surface area contributed by atoms with Crippen molar-refractivity contribution >= 4 is 23.0 Å². The van der Waals surface area contributed by atoms with Crippen LogP contribution in [-0.4, -0.2) is 46.2 Å². The van der Waals surface area contributed by atoms with E-state index in [1.807, 2.05) is 59.0 Å². The van der Waals surface area contributed by atoms with Gasteiger partial charge in [0.25, 0.3) is 5.91 Å². The first-order valence-electron chi connectivity index (χ1n) is 9.74. The lowest BCUT2D eigenvalue weighted by atomic mass is 10.1. The van der Waals surface area contributed by atoms with Crippen LogP contribution in [0.15, 0.2) is 60.9 Å². The zero-order valence-corrected chi connectivity index (χ0v) is 16.1. The molecule has 0 bridgehead atoms. The van der Waals surface area contributed by atoms with Gasteiger partial charge in [0.1, 0.15) is 0 Å². The Morgan fingerprint density at radius 3 is 2.93 bits per heavy atom. The molecule has 1 aromatic heterocycles. The van der Waals surface area contributed by atoms with Crippen LogP contribution in [0.5, 0.6) is 0 Å². The van der Waals surface area contributed by atoms with Gasteiger partial charge < -0.3 is 14.2 Å². The molecule has 5 nitrogen and oxygen atoms in total. The Balaban J connectivity index is 1.53. The van der Waals surface area contributed by atoms with Gasteiger partial charge in [0, 0.05) is 32.3 Å². The van der Waals surface area contributed by atoms with E-state index in [0.29, 0.717) is 18.7 Å². The maximum Gasteiger partial charge on any atom is 0.254 e. The molecule has 1 fully saturated rings. The number of nitrogens with zero attached hydrogens (tertiary/aromatic N) is 3. The molecular formula is C23H25N3O2. The van der Waals surface area contributed by atoms with Crippen molar-refractivity contribution in [2.45, 2.75) is 18.9 Å².